The van der Waals surface area contributed by atoms with E-state index in [2.05, 4.69) is 15.9 Å². The van der Waals surface area contributed by atoms with Crippen molar-refractivity contribution in [3.05, 3.63) is 28.2 Å². The number of carboxylic acid groups (broad SMARTS) is 1. The predicted molar refractivity (Wildman–Crippen MR) is 79.7 cm³/mol. The monoisotopic (exact) mass is 377 g/mol. The molecule has 1 aromatic carbocycles. The first-order chi connectivity index (χ1) is 9.86. The van der Waals surface area contributed by atoms with Gasteiger partial charge in [-0.2, -0.15) is 4.31 Å². The number of carbonyl (C=O) groups is 1. The highest BCUT2D eigenvalue weighted by atomic mass is 79.9. The molecular formula is C13H16BrNO5S. The van der Waals surface area contributed by atoms with Gasteiger partial charge in [-0.3, -0.25) is 0 Å². The first-order valence-electron chi connectivity index (χ1n) is 6.50. The number of aliphatic hydroxyl groups is 1. The van der Waals surface area contributed by atoms with Crippen LogP contribution in [-0.2, 0) is 10.0 Å². The highest BCUT2D eigenvalue weighted by Gasteiger charge is 2.30. The van der Waals surface area contributed by atoms with Crippen LogP contribution in [-0.4, -0.2) is 48.6 Å². The first kappa shape index (κ1) is 16.4. The van der Waals surface area contributed by atoms with E-state index in [1.165, 1.54) is 22.5 Å². The summed E-state index contributed by atoms with van der Waals surface area (Å²) in [5.74, 6) is -0.960. The molecule has 1 aliphatic heterocycles. The van der Waals surface area contributed by atoms with Crippen LogP contribution in [0.3, 0.4) is 0 Å². The van der Waals surface area contributed by atoms with Gasteiger partial charge in [-0.15, -0.1) is 0 Å². The molecule has 0 radical (unpaired) electrons. The zero-order valence-corrected chi connectivity index (χ0v) is 13.6. The third-order valence-electron chi connectivity index (χ3n) is 3.63. The average molecular weight is 378 g/mol. The van der Waals surface area contributed by atoms with Crippen LogP contribution in [0.4, 0.5) is 0 Å². The largest absolute Gasteiger partial charge is 0.478 e. The Morgan fingerprint density at radius 3 is 2.43 bits per heavy atom. The molecule has 0 spiro atoms. The quantitative estimate of drug-likeness (QED) is 0.829. The number of sulfonamides is 1. The van der Waals surface area contributed by atoms with Gasteiger partial charge in [-0.25, -0.2) is 13.2 Å². The standard InChI is InChI=1S/C13H16BrNO5S/c14-11-7-10(13(17)18)1-2-12(11)21(19,20)15-5-3-9(8-16)4-6-15/h1-2,7,9,16H,3-6,8H2,(H,17,18). The Bertz CT molecular complexity index is 638. The SMILES string of the molecule is O=C(O)c1ccc(S(=O)(=O)N2CCC(CO)CC2)c(Br)c1. The number of piperidine rings is 1. The van der Waals surface area contributed by atoms with Gasteiger partial charge in [0.2, 0.25) is 10.0 Å². The van der Waals surface area contributed by atoms with Crippen LogP contribution in [0.2, 0.25) is 0 Å². The zero-order chi connectivity index (χ0) is 15.6. The molecular weight excluding hydrogens is 362 g/mol. The molecule has 1 fully saturated rings. The van der Waals surface area contributed by atoms with Crippen molar-refractivity contribution in [2.45, 2.75) is 17.7 Å². The van der Waals surface area contributed by atoms with Crippen LogP contribution < -0.4 is 0 Å². The molecule has 0 aromatic heterocycles. The lowest BCUT2D eigenvalue weighted by molar-refractivity contribution is 0.0696. The van der Waals surface area contributed by atoms with E-state index in [1.807, 2.05) is 0 Å². The molecule has 1 heterocycles. The Hall–Kier alpha value is -0.960. The molecule has 116 valence electrons. The molecule has 8 heteroatoms. The number of hydrogen-bond donors (Lipinski definition) is 2. The van der Waals surface area contributed by atoms with Gasteiger partial charge in [-0.05, 0) is 52.9 Å². The van der Waals surface area contributed by atoms with Crippen molar-refractivity contribution in [2.24, 2.45) is 5.92 Å². The van der Waals surface area contributed by atoms with E-state index >= 15 is 0 Å². The van der Waals surface area contributed by atoms with Crippen molar-refractivity contribution < 1.29 is 23.4 Å². The highest BCUT2D eigenvalue weighted by molar-refractivity contribution is 9.10. The third-order valence-corrected chi connectivity index (χ3v) is 6.50. The topological polar surface area (TPSA) is 94.9 Å². The molecule has 0 saturated carbocycles. The third kappa shape index (κ3) is 3.45. The summed E-state index contributed by atoms with van der Waals surface area (Å²) in [6.07, 6.45) is 1.25. The van der Waals surface area contributed by atoms with Crippen LogP contribution in [0, 0.1) is 5.92 Å². The van der Waals surface area contributed by atoms with E-state index < -0.39 is 16.0 Å². The number of benzene rings is 1. The molecule has 0 bridgehead atoms. The second kappa shape index (κ2) is 6.43. The summed E-state index contributed by atoms with van der Waals surface area (Å²) in [7, 11) is -3.65. The van der Waals surface area contributed by atoms with Crippen molar-refractivity contribution >= 4 is 31.9 Å². The Kier molecular flexibility index (Phi) is 5.03. The molecule has 2 N–H and O–H groups in total. The van der Waals surface area contributed by atoms with E-state index in [9.17, 15) is 13.2 Å². The van der Waals surface area contributed by atoms with Gasteiger partial charge >= 0.3 is 5.97 Å². The smallest absolute Gasteiger partial charge is 0.335 e. The van der Waals surface area contributed by atoms with Gasteiger partial charge < -0.3 is 10.2 Å². The first-order valence-corrected chi connectivity index (χ1v) is 8.73. The molecule has 0 amide bonds. The molecule has 1 aromatic rings. The van der Waals surface area contributed by atoms with Gasteiger partial charge in [0.1, 0.15) is 0 Å². The summed E-state index contributed by atoms with van der Waals surface area (Å²) in [5, 5.41) is 18.0. The summed E-state index contributed by atoms with van der Waals surface area (Å²) in [6, 6.07) is 3.87. The van der Waals surface area contributed by atoms with Crippen LogP contribution >= 0.6 is 15.9 Å². The van der Waals surface area contributed by atoms with Crippen LogP contribution in [0.1, 0.15) is 23.2 Å². The van der Waals surface area contributed by atoms with Gasteiger partial charge in [0.05, 0.1) is 10.5 Å². The predicted octanol–water partition coefficient (Wildman–Crippen LogP) is 1.54. The number of rotatable bonds is 4. The van der Waals surface area contributed by atoms with Crippen molar-refractivity contribution in [3.8, 4) is 0 Å². The highest BCUT2D eigenvalue weighted by Crippen LogP contribution is 2.29. The van der Waals surface area contributed by atoms with E-state index in [0.29, 0.717) is 25.9 Å². The fourth-order valence-electron chi connectivity index (χ4n) is 2.31. The van der Waals surface area contributed by atoms with E-state index in [0.717, 1.165) is 0 Å². The normalized spacial score (nSPS) is 17.8. The minimum Gasteiger partial charge on any atom is -0.478 e. The molecule has 6 nitrogen and oxygen atoms in total. The number of aliphatic hydroxyl groups excluding tert-OH is 1. The van der Waals surface area contributed by atoms with Gasteiger partial charge in [0.15, 0.2) is 0 Å². The van der Waals surface area contributed by atoms with Gasteiger partial charge in [0.25, 0.3) is 0 Å². The Morgan fingerprint density at radius 2 is 1.95 bits per heavy atom. The molecule has 1 saturated heterocycles. The van der Waals surface area contributed by atoms with E-state index in [1.54, 1.807) is 0 Å². The summed E-state index contributed by atoms with van der Waals surface area (Å²) in [6.45, 7) is 0.798. The zero-order valence-electron chi connectivity index (χ0n) is 11.2. The summed E-state index contributed by atoms with van der Waals surface area (Å²) >= 11 is 3.13. The number of halogens is 1. The van der Waals surface area contributed by atoms with Crippen LogP contribution in [0.5, 0.6) is 0 Å². The fourth-order valence-corrected chi connectivity index (χ4v) is 4.82. The summed E-state index contributed by atoms with van der Waals surface area (Å²) < 4.78 is 26.8. The summed E-state index contributed by atoms with van der Waals surface area (Å²) in [5.41, 5.74) is 0.0276. The number of nitrogens with zero attached hydrogens (tertiary/aromatic N) is 1. The maximum atomic E-state index is 12.6. The fraction of sp³-hybridized carbons (Fsp3) is 0.462. The lowest BCUT2D eigenvalue weighted by Crippen LogP contribution is -2.39. The Balaban J connectivity index is 2.26. The second-order valence-corrected chi connectivity index (χ2v) is 7.74. The lowest BCUT2D eigenvalue weighted by atomic mass is 10.00. The van der Waals surface area contributed by atoms with Crippen LogP contribution in [0.25, 0.3) is 0 Å². The molecule has 1 aliphatic rings. The van der Waals surface area contributed by atoms with E-state index in [-0.39, 0.29) is 27.5 Å². The minimum absolute atomic E-state index is 0.0276. The van der Waals surface area contributed by atoms with Crippen molar-refractivity contribution in [1.82, 2.24) is 4.31 Å². The molecule has 0 atom stereocenters. The number of hydrogen-bond acceptors (Lipinski definition) is 4. The minimum atomic E-state index is -3.65. The maximum absolute atomic E-state index is 12.6. The van der Waals surface area contributed by atoms with Crippen molar-refractivity contribution in [1.29, 1.82) is 0 Å². The Labute approximate surface area is 131 Å². The molecule has 0 unspecified atom stereocenters. The van der Waals surface area contributed by atoms with Crippen molar-refractivity contribution in [2.75, 3.05) is 19.7 Å². The number of carboxylic acids is 1. The van der Waals surface area contributed by atoms with Crippen molar-refractivity contribution in [3.63, 3.8) is 0 Å². The Morgan fingerprint density at radius 1 is 1.33 bits per heavy atom. The average Bonchev–Trinajstić information content (AvgIpc) is 2.46. The lowest BCUT2D eigenvalue weighted by Gasteiger charge is -2.30. The number of aromatic carboxylic acids is 1. The maximum Gasteiger partial charge on any atom is 0.335 e. The summed E-state index contributed by atoms with van der Waals surface area (Å²) in [4.78, 5) is 10.9. The van der Waals surface area contributed by atoms with Gasteiger partial charge in [-0.1, -0.05) is 0 Å². The second-order valence-electron chi connectivity index (χ2n) is 4.98. The van der Waals surface area contributed by atoms with Crippen LogP contribution in [0.15, 0.2) is 27.6 Å². The molecule has 21 heavy (non-hydrogen) atoms. The molecule has 2 rings (SSSR count). The van der Waals surface area contributed by atoms with Gasteiger partial charge in [0, 0.05) is 24.2 Å². The van der Waals surface area contributed by atoms with E-state index in [4.69, 9.17) is 10.2 Å². The molecule has 0 aliphatic carbocycles.